The summed E-state index contributed by atoms with van der Waals surface area (Å²) in [6.45, 7) is 0.676. The van der Waals surface area contributed by atoms with Crippen molar-refractivity contribution in [3.05, 3.63) is 12.0 Å². The highest BCUT2D eigenvalue weighted by molar-refractivity contribution is 4.91. The van der Waals surface area contributed by atoms with Crippen LogP contribution >= 0.6 is 0 Å². The molecule has 1 radical (unpaired) electrons. The predicted molar refractivity (Wildman–Crippen MR) is 27.8 cm³/mol. The Morgan fingerprint density at radius 1 is 1.75 bits per heavy atom. The minimum absolute atomic E-state index is 0.358. The Morgan fingerprint density at radius 2 is 2.62 bits per heavy atom. The second-order valence-electron chi connectivity index (χ2n) is 1.63. The van der Waals surface area contributed by atoms with E-state index in [-0.39, 0.29) is 0 Å². The summed E-state index contributed by atoms with van der Waals surface area (Å²) in [4.78, 5) is 0. The van der Waals surface area contributed by atoms with Crippen molar-refractivity contribution in [3.8, 4) is 0 Å². The van der Waals surface area contributed by atoms with Crippen molar-refractivity contribution in [1.82, 2.24) is 5.53 Å². The van der Waals surface area contributed by atoms with E-state index in [1.807, 2.05) is 0 Å². The molecule has 0 aromatic rings. The zero-order chi connectivity index (χ0) is 5.82. The fourth-order valence-electron chi connectivity index (χ4n) is 0.614. The molecule has 0 saturated heterocycles. The Morgan fingerprint density at radius 3 is 3.00 bits per heavy atom. The molecule has 3 heteroatoms. The fraction of sp³-hybridized carbons (Fsp3) is 0.600. The highest BCUT2D eigenvalue weighted by atomic mass is 16.5. The van der Waals surface area contributed by atoms with E-state index in [9.17, 15) is 0 Å². The molecule has 1 aliphatic rings. The maximum absolute atomic E-state index is 8.12. The van der Waals surface area contributed by atoms with Crippen LogP contribution in [-0.2, 0) is 4.74 Å². The lowest BCUT2D eigenvalue weighted by Gasteiger charge is -2.07. The van der Waals surface area contributed by atoms with E-state index in [4.69, 9.17) is 10.3 Å². The monoisotopic (exact) mass is 111 g/mol. The van der Waals surface area contributed by atoms with E-state index >= 15 is 0 Å². The lowest BCUT2D eigenvalue weighted by atomic mass is 10.3. The van der Waals surface area contributed by atoms with Gasteiger partial charge in [0.1, 0.15) is 0 Å². The summed E-state index contributed by atoms with van der Waals surface area (Å²) in [5.41, 5.74) is 8.12. The molecule has 0 saturated carbocycles. The number of nitrogens with zero attached hydrogens (tertiary/aromatic N) is 2. The Bertz CT molecular complexity index is 120. The molecule has 0 atom stereocenters. The van der Waals surface area contributed by atoms with E-state index in [2.05, 4.69) is 5.11 Å². The molecule has 1 aliphatic heterocycles. The standard InChI is InChI=1S/C5H7N2O/c6-7-5-3-1-2-4-8-5/h3H,1-2,4H2. The summed E-state index contributed by atoms with van der Waals surface area (Å²) in [6, 6.07) is 0. The second kappa shape index (κ2) is 2.45. The summed E-state index contributed by atoms with van der Waals surface area (Å²) in [5.74, 6) is 0.358. The SMILES string of the molecule is [N]=NC1=CCCCO1. The molecule has 0 N–H and O–H groups in total. The smallest absolute Gasteiger partial charge is 0.231 e. The number of hydrogen-bond donors (Lipinski definition) is 0. The first-order chi connectivity index (χ1) is 3.93. The van der Waals surface area contributed by atoms with Gasteiger partial charge < -0.3 is 4.74 Å². The van der Waals surface area contributed by atoms with Gasteiger partial charge in [0.15, 0.2) is 0 Å². The Hall–Kier alpha value is -0.860. The molecule has 43 valence electrons. The Kier molecular flexibility index (Phi) is 1.62. The van der Waals surface area contributed by atoms with Crippen molar-refractivity contribution in [2.75, 3.05) is 6.61 Å². The van der Waals surface area contributed by atoms with Crippen LogP contribution in [-0.4, -0.2) is 6.61 Å². The van der Waals surface area contributed by atoms with Crippen LogP contribution in [0.1, 0.15) is 12.8 Å². The number of ether oxygens (including phenoxy) is 1. The fourth-order valence-corrected chi connectivity index (χ4v) is 0.614. The van der Waals surface area contributed by atoms with Gasteiger partial charge in [0.05, 0.1) is 6.61 Å². The number of rotatable bonds is 1. The first kappa shape index (κ1) is 5.28. The topological polar surface area (TPSA) is 43.9 Å². The quantitative estimate of drug-likeness (QED) is 0.463. The average Bonchev–Trinajstić information content (AvgIpc) is 1.90. The molecule has 0 aromatic heterocycles. The summed E-state index contributed by atoms with van der Waals surface area (Å²) >= 11 is 0. The summed E-state index contributed by atoms with van der Waals surface area (Å²) in [7, 11) is 0. The maximum atomic E-state index is 8.12. The van der Waals surface area contributed by atoms with E-state index in [1.54, 1.807) is 6.08 Å². The van der Waals surface area contributed by atoms with Crippen LogP contribution in [0.25, 0.3) is 0 Å². The lowest BCUT2D eigenvalue weighted by molar-refractivity contribution is 0.189. The normalized spacial score (nSPS) is 18.8. The van der Waals surface area contributed by atoms with Crippen LogP contribution in [0, 0.1) is 0 Å². The molecule has 0 aliphatic carbocycles. The summed E-state index contributed by atoms with van der Waals surface area (Å²) in [5, 5.41) is 2.89. The molecule has 0 bridgehead atoms. The molecule has 3 nitrogen and oxygen atoms in total. The van der Waals surface area contributed by atoms with E-state index in [1.165, 1.54) is 0 Å². The molecule has 1 heterocycles. The van der Waals surface area contributed by atoms with Crippen LogP contribution < -0.4 is 5.53 Å². The van der Waals surface area contributed by atoms with Crippen LogP contribution in [0.2, 0.25) is 0 Å². The highest BCUT2D eigenvalue weighted by Gasteiger charge is 2.00. The molecule has 8 heavy (non-hydrogen) atoms. The van der Waals surface area contributed by atoms with Crippen LogP contribution in [0.4, 0.5) is 0 Å². The second-order valence-corrected chi connectivity index (χ2v) is 1.63. The van der Waals surface area contributed by atoms with Gasteiger partial charge in [0.25, 0.3) is 0 Å². The highest BCUT2D eigenvalue weighted by Crippen LogP contribution is 2.08. The van der Waals surface area contributed by atoms with Crippen molar-refractivity contribution in [3.63, 3.8) is 0 Å². The number of hydrogen-bond acceptors (Lipinski definition) is 2. The van der Waals surface area contributed by atoms with Crippen molar-refractivity contribution in [2.24, 2.45) is 5.11 Å². The molecule has 0 fully saturated rings. The van der Waals surface area contributed by atoms with Gasteiger partial charge in [-0.15, -0.1) is 0 Å². The lowest BCUT2D eigenvalue weighted by Crippen LogP contribution is -1.98. The first-order valence-corrected chi connectivity index (χ1v) is 2.61. The zero-order valence-corrected chi connectivity index (χ0v) is 4.50. The van der Waals surface area contributed by atoms with Crippen molar-refractivity contribution in [1.29, 1.82) is 0 Å². The average molecular weight is 111 g/mol. The zero-order valence-electron chi connectivity index (χ0n) is 4.50. The van der Waals surface area contributed by atoms with Gasteiger partial charge in [0, 0.05) is 0 Å². The minimum atomic E-state index is 0.358. The number of allylic oxidation sites excluding steroid dienone is 1. The van der Waals surface area contributed by atoms with Gasteiger partial charge in [-0.25, -0.2) is 0 Å². The molecule has 0 aromatic carbocycles. The third-order valence-corrected chi connectivity index (χ3v) is 1.02. The van der Waals surface area contributed by atoms with E-state index in [0.717, 1.165) is 12.8 Å². The van der Waals surface area contributed by atoms with Crippen molar-refractivity contribution in [2.45, 2.75) is 12.8 Å². The van der Waals surface area contributed by atoms with Crippen molar-refractivity contribution < 1.29 is 4.74 Å². The summed E-state index contributed by atoms with van der Waals surface area (Å²) < 4.78 is 4.87. The summed E-state index contributed by atoms with van der Waals surface area (Å²) in [6.07, 6.45) is 3.75. The van der Waals surface area contributed by atoms with Crippen LogP contribution in [0.3, 0.4) is 0 Å². The van der Waals surface area contributed by atoms with Gasteiger partial charge in [-0.1, -0.05) is 5.11 Å². The molecular formula is C5H7N2O. The van der Waals surface area contributed by atoms with Gasteiger partial charge in [-0.3, -0.25) is 0 Å². The molecular weight excluding hydrogens is 104 g/mol. The van der Waals surface area contributed by atoms with Gasteiger partial charge in [-0.05, 0) is 24.4 Å². The maximum Gasteiger partial charge on any atom is 0.231 e. The third kappa shape index (κ3) is 1.05. The van der Waals surface area contributed by atoms with Gasteiger partial charge in [0.2, 0.25) is 5.88 Å². The van der Waals surface area contributed by atoms with Crippen LogP contribution in [0.15, 0.2) is 17.1 Å². The predicted octanol–water partition coefficient (Wildman–Crippen LogP) is 0.890. The molecule has 0 unspecified atom stereocenters. The van der Waals surface area contributed by atoms with Crippen molar-refractivity contribution >= 4 is 0 Å². The first-order valence-electron chi connectivity index (χ1n) is 2.61. The third-order valence-electron chi connectivity index (χ3n) is 1.02. The van der Waals surface area contributed by atoms with Gasteiger partial charge in [-0.2, -0.15) is 0 Å². The van der Waals surface area contributed by atoms with E-state index < -0.39 is 0 Å². The molecule has 1 rings (SSSR count). The molecule has 0 spiro atoms. The van der Waals surface area contributed by atoms with Crippen LogP contribution in [0.5, 0.6) is 0 Å². The molecule has 0 amide bonds. The van der Waals surface area contributed by atoms with Gasteiger partial charge >= 0.3 is 0 Å². The largest absolute Gasteiger partial charge is 0.477 e. The minimum Gasteiger partial charge on any atom is -0.477 e. The Labute approximate surface area is 47.9 Å². The Balaban J connectivity index is 2.49. The van der Waals surface area contributed by atoms with E-state index in [0.29, 0.717) is 12.5 Å².